The van der Waals surface area contributed by atoms with Gasteiger partial charge >= 0.3 is 5.97 Å². The van der Waals surface area contributed by atoms with E-state index in [1.165, 1.54) is 0 Å². The molecule has 7 nitrogen and oxygen atoms in total. The first-order valence-corrected chi connectivity index (χ1v) is 8.25. The maximum atomic E-state index is 12.7. The van der Waals surface area contributed by atoms with Gasteiger partial charge in [0.2, 0.25) is 0 Å². The molecule has 24 heavy (non-hydrogen) atoms. The summed E-state index contributed by atoms with van der Waals surface area (Å²) in [5.74, 6) is -1.07. The number of carboxylic acid groups (broad SMARTS) is 1. The van der Waals surface area contributed by atoms with Crippen LogP contribution in [0.2, 0.25) is 0 Å². The van der Waals surface area contributed by atoms with E-state index in [4.69, 9.17) is 9.84 Å². The molecule has 2 heterocycles. The van der Waals surface area contributed by atoms with E-state index in [9.17, 15) is 9.59 Å². The lowest BCUT2D eigenvalue weighted by Crippen LogP contribution is -2.46. The van der Waals surface area contributed by atoms with Crippen LogP contribution in [0.3, 0.4) is 0 Å². The van der Waals surface area contributed by atoms with Crippen molar-refractivity contribution in [1.29, 1.82) is 0 Å². The number of nitrogens with zero attached hydrogens (tertiary/aromatic N) is 3. The topological polar surface area (TPSA) is 84.7 Å². The highest BCUT2D eigenvalue weighted by Gasteiger charge is 2.26. The summed E-state index contributed by atoms with van der Waals surface area (Å²) < 4.78 is 7.93. The van der Waals surface area contributed by atoms with E-state index in [0.29, 0.717) is 18.7 Å². The summed E-state index contributed by atoms with van der Waals surface area (Å²) in [4.78, 5) is 25.2. The highest BCUT2D eigenvalue weighted by Crippen LogP contribution is 2.17. The molecule has 0 unspecified atom stereocenters. The number of morpholine rings is 1. The minimum Gasteiger partial charge on any atom is -0.481 e. The second-order valence-corrected chi connectivity index (χ2v) is 6.41. The van der Waals surface area contributed by atoms with Gasteiger partial charge in [-0.15, -0.1) is 0 Å². The Morgan fingerprint density at radius 2 is 2.25 bits per heavy atom. The number of carboxylic acids is 1. The quantitative estimate of drug-likeness (QED) is 0.857. The van der Waals surface area contributed by atoms with Crippen LogP contribution in [0.25, 0.3) is 5.69 Å². The van der Waals surface area contributed by atoms with E-state index in [-0.39, 0.29) is 18.9 Å². The SMILES string of the molecule is O=C(O)C[C@H]1CN(C(=O)c2cccc(-n3cc(Br)cn3)c2)CCO1. The highest BCUT2D eigenvalue weighted by atomic mass is 79.9. The molecule has 1 N–H and O–H groups in total. The number of aromatic nitrogens is 2. The second kappa shape index (κ2) is 7.14. The van der Waals surface area contributed by atoms with Crippen molar-refractivity contribution in [2.75, 3.05) is 19.7 Å². The van der Waals surface area contributed by atoms with Crippen LogP contribution in [0.4, 0.5) is 0 Å². The van der Waals surface area contributed by atoms with E-state index in [1.54, 1.807) is 40.2 Å². The van der Waals surface area contributed by atoms with E-state index in [0.717, 1.165) is 10.2 Å². The minimum absolute atomic E-state index is 0.106. The van der Waals surface area contributed by atoms with Crippen LogP contribution in [0, 0.1) is 0 Å². The van der Waals surface area contributed by atoms with Crippen molar-refractivity contribution < 1.29 is 19.4 Å². The van der Waals surface area contributed by atoms with Gasteiger partial charge < -0.3 is 14.7 Å². The zero-order valence-electron chi connectivity index (χ0n) is 12.8. The Labute approximate surface area is 147 Å². The number of hydrogen-bond acceptors (Lipinski definition) is 4. The van der Waals surface area contributed by atoms with Crippen molar-refractivity contribution >= 4 is 27.8 Å². The van der Waals surface area contributed by atoms with Crippen molar-refractivity contribution in [3.63, 3.8) is 0 Å². The monoisotopic (exact) mass is 393 g/mol. The van der Waals surface area contributed by atoms with Crippen LogP contribution in [0.15, 0.2) is 41.1 Å². The van der Waals surface area contributed by atoms with Crippen LogP contribution in [-0.4, -0.2) is 57.5 Å². The third-order valence-electron chi connectivity index (χ3n) is 3.74. The molecule has 3 rings (SSSR count). The first-order valence-electron chi connectivity index (χ1n) is 7.46. The largest absolute Gasteiger partial charge is 0.481 e. The first kappa shape index (κ1) is 16.7. The predicted molar refractivity (Wildman–Crippen MR) is 89.2 cm³/mol. The van der Waals surface area contributed by atoms with Gasteiger partial charge in [-0.25, -0.2) is 4.68 Å². The number of ether oxygens (including phenoxy) is 1. The number of carbonyl (C=O) groups is 2. The van der Waals surface area contributed by atoms with Crippen molar-refractivity contribution in [2.24, 2.45) is 0 Å². The van der Waals surface area contributed by atoms with Gasteiger partial charge in [-0.3, -0.25) is 9.59 Å². The molecule has 1 aromatic carbocycles. The van der Waals surface area contributed by atoms with Gasteiger partial charge in [-0.2, -0.15) is 5.10 Å². The number of halogens is 1. The summed E-state index contributed by atoms with van der Waals surface area (Å²) >= 11 is 3.35. The molecule has 1 aromatic heterocycles. The van der Waals surface area contributed by atoms with Crippen LogP contribution in [0.5, 0.6) is 0 Å². The molecule has 0 aliphatic carbocycles. The zero-order valence-corrected chi connectivity index (χ0v) is 14.3. The van der Waals surface area contributed by atoms with Gasteiger partial charge in [0, 0.05) is 24.8 Å². The molecule has 0 bridgehead atoms. The third kappa shape index (κ3) is 3.82. The van der Waals surface area contributed by atoms with Crippen LogP contribution in [0.1, 0.15) is 16.8 Å². The van der Waals surface area contributed by atoms with Gasteiger partial charge in [0.15, 0.2) is 0 Å². The molecule has 8 heteroatoms. The molecule has 0 spiro atoms. The number of aliphatic carboxylic acids is 1. The van der Waals surface area contributed by atoms with Gasteiger partial charge in [-0.05, 0) is 34.1 Å². The number of hydrogen-bond donors (Lipinski definition) is 1. The standard InChI is InChI=1S/C16H16BrN3O4/c17-12-8-18-20(9-12)13-3-1-2-11(6-13)16(23)19-4-5-24-14(10-19)7-15(21)22/h1-3,6,8-9,14H,4-5,7,10H2,(H,21,22)/t14-/m0/s1. The molecule has 1 saturated heterocycles. The molecular weight excluding hydrogens is 378 g/mol. The molecule has 0 saturated carbocycles. The zero-order chi connectivity index (χ0) is 17.1. The predicted octanol–water partition coefficient (Wildman–Crippen LogP) is 1.95. The van der Waals surface area contributed by atoms with Crippen molar-refractivity contribution in [3.8, 4) is 5.69 Å². The summed E-state index contributed by atoms with van der Waals surface area (Å²) in [6.45, 7) is 1.07. The Morgan fingerprint density at radius 3 is 2.96 bits per heavy atom. The fourth-order valence-corrected chi connectivity index (χ4v) is 2.91. The Hall–Kier alpha value is -2.19. The number of rotatable bonds is 4. The number of amides is 1. The summed E-state index contributed by atoms with van der Waals surface area (Å²) in [6, 6.07) is 7.17. The smallest absolute Gasteiger partial charge is 0.306 e. The fourth-order valence-electron chi connectivity index (χ4n) is 2.63. The highest BCUT2D eigenvalue weighted by molar-refractivity contribution is 9.10. The molecule has 126 valence electrons. The maximum absolute atomic E-state index is 12.7. The summed E-state index contributed by atoms with van der Waals surface area (Å²) in [7, 11) is 0. The van der Waals surface area contributed by atoms with Crippen LogP contribution < -0.4 is 0 Å². The average molecular weight is 394 g/mol. The lowest BCUT2D eigenvalue weighted by Gasteiger charge is -2.32. The molecular formula is C16H16BrN3O4. The lowest BCUT2D eigenvalue weighted by atomic mass is 10.1. The normalized spacial score (nSPS) is 17.7. The first-order chi connectivity index (χ1) is 11.5. The van der Waals surface area contributed by atoms with Gasteiger partial charge in [0.05, 0.1) is 35.5 Å². The number of benzene rings is 1. The Morgan fingerprint density at radius 1 is 1.42 bits per heavy atom. The van der Waals surface area contributed by atoms with Gasteiger partial charge in [0.1, 0.15) is 0 Å². The van der Waals surface area contributed by atoms with Crippen LogP contribution in [-0.2, 0) is 9.53 Å². The van der Waals surface area contributed by atoms with Gasteiger partial charge in [-0.1, -0.05) is 6.07 Å². The summed E-state index contributed by atoms with van der Waals surface area (Å²) in [6.07, 6.45) is 2.91. The third-order valence-corrected chi connectivity index (χ3v) is 4.15. The minimum atomic E-state index is -0.930. The molecule has 0 radical (unpaired) electrons. The molecule has 1 amide bonds. The Balaban J connectivity index is 1.76. The maximum Gasteiger partial charge on any atom is 0.306 e. The van der Waals surface area contributed by atoms with E-state index in [1.807, 2.05) is 6.07 Å². The number of carbonyl (C=O) groups excluding carboxylic acids is 1. The van der Waals surface area contributed by atoms with Crippen LogP contribution >= 0.6 is 15.9 Å². The van der Waals surface area contributed by atoms with E-state index < -0.39 is 12.1 Å². The summed E-state index contributed by atoms with van der Waals surface area (Å²) in [5.41, 5.74) is 1.32. The molecule has 1 fully saturated rings. The fraction of sp³-hybridized carbons (Fsp3) is 0.312. The van der Waals surface area contributed by atoms with Crippen molar-refractivity contribution in [2.45, 2.75) is 12.5 Å². The lowest BCUT2D eigenvalue weighted by molar-refractivity contribution is -0.141. The van der Waals surface area contributed by atoms with E-state index >= 15 is 0 Å². The molecule has 1 aliphatic rings. The average Bonchev–Trinajstić information content (AvgIpc) is 3.00. The van der Waals surface area contributed by atoms with Crippen molar-refractivity contribution in [1.82, 2.24) is 14.7 Å². The second-order valence-electron chi connectivity index (χ2n) is 5.50. The molecule has 1 aliphatic heterocycles. The summed E-state index contributed by atoms with van der Waals surface area (Å²) in [5, 5.41) is 13.1. The van der Waals surface area contributed by atoms with Crippen molar-refractivity contribution in [3.05, 3.63) is 46.7 Å². The van der Waals surface area contributed by atoms with E-state index in [2.05, 4.69) is 21.0 Å². The Kier molecular flexibility index (Phi) is 4.96. The molecule has 2 aromatic rings. The molecule has 1 atom stereocenters. The van der Waals surface area contributed by atoms with Gasteiger partial charge in [0.25, 0.3) is 5.91 Å². The Bertz CT molecular complexity index is 761.